The third-order valence-corrected chi connectivity index (χ3v) is 10.6. The minimum Gasteiger partial charge on any atom is -0.497 e. The number of amides is 1. The Bertz CT molecular complexity index is 1120. The maximum Gasteiger partial charge on any atom is 0.225 e. The summed E-state index contributed by atoms with van der Waals surface area (Å²) >= 11 is 1.99. The number of aryl methyl sites for hydroxylation is 1. The summed E-state index contributed by atoms with van der Waals surface area (Å²) in [5, 5.41) is 7.06. The van der Waals surface area contributed by atoms with Gasteiger partial charge in [0.15, 0.2) is 0 Å². The largest absolute Gasteiger partial charge is 0.497 e. The number of carbonyl (C=O) groups is 1. The van der Waals surface area contributed by atoms with Crippen LogP contribution in [-0.2, 0) is 23.4 Å². The molecule has 0 atom stereocenters. The van der Waals surface area contributed by atoms with Crippen molar-refractivity contribution in [3.63, 3.8) is 0 Å². The molecule has 218 valence electrons. The van der Waals surface area contributed by atoms with Crippen molar-refractivity contribution in [1.82, 2.24) is 15.3 Å². The molecule has 5 rings (SSSR count). The number of carbonyl (C=O) groups excluding carboxylic acids is 1. The first-order valence-corrected chi connectivity index (χ1v) is 16.3. The number of nitrogens with one attached hydrogen (secondary N) is 2. The Labute approximate surface area is 244 Å². The van der Waals surface area contributed by atoms with Gasteiger partial charge < -0.3 is 20.3 Å². The molecule has 0 saturated heterocycles. The van der Waals surface area contributed by atoms with Gasteiger partial charge in [0.05, 0.1) is 12.8 Å². The third kappa shape index (κ3) is 7.42. The second-order valence-electron chi connectivity index (χ2n) is 12.2. The van der Waals surface area contributed by atoms with E-state index in [9.17, 15) is 4.79 Å². The van der Waals surface area contributed by atoms with Crippen LogP contribution in [0.3, 0.4) is 0 Å². The van der Waals surface area contributed by atoms with Gasteiger partial charge in [-0.25, -0.2) is 4.98 Å². The molecule has 3 aliphatic carbocycles. The van der Waals surface area contributed by atoms with Crippen LogP contribution in [0.15, 0.2) is 24.3 Å². The van der Waals surface area contributed by atoms with E-state index in [1.54, 1.807) is 7.11 Å². The fraction of sp³-hybridized carbons (Fsp3) is 0.656. The fourth-order valence-corrected chi connectivity index (χ4v) is 8.15. The molecule has 2 N–H and O–H groups in total. The zero-order chi connectivity index (χ0) is 28.0. The van der Waals surface area contributed by atoms with E-state index in [1.807, 2.05) is 23.9 Å². The van der Waals surface area contributed by atoms with Crippen LogP contribution in [0.1, 0.15) is 93.9 Å². The highest BCUT2D eigenvalue weighted by Crippen LogP contribution is 2.44. The first-order valence-electron chi connectivity index (χ1n) is 15.3. The van der Waals surface area contributed by atoms with E-state index in [-0.39, 0.29) is 16.7 Å². The highest BCUT2D eigenvalue weighted by Gasteiger charge is 2.35. The molecule has 0 aliphatic heterocycles. The number of benzene rings is 1. The number of methoxy groups -OCH3 is 1. The number of aromatic nitrogens is 2. The summed E-state index contributed by atoms with van der Waals surface area (Å²) in [7, 11) is 5.85. The quantitative estimate of drug-likeness (QED) is 0.350. The molecule has 8 heteroatoms. The van der Waals surface area contributed by atoms with Gasteiger partial charge in [-0.3, -0.25) is 4.79 Å². The molecule has 0 unspecified atom stereocenters. The number of ether oxygens (including phenoxy) is 1. The highest BCUT2D eigenvalue weighted by atomic mass is 32.2. The second kappa shape index (κ2) is 13.5. The SMILES string of the molecule is COc1ccc(CSC2(CC(=O)NC3CCC(Nc4nc5c(c(N(C)C)n4)CCCC5)CC3)CCCCC2)cc1. The Kier molecular flexibility index (Phi) is 9.76. The Balaban J connectivity index is 1.12. The van der Waals surface area contributed by atoms with Crippen LogP contribution in [-0.4, -0.2) is 53.9 Å². The highest BCUT2D eigenvalue weighted by molar-refractivity contribution is 7.99. The predicted molar refractivity (Wildman–Crippen MR) is 166 cm³/mol. The van der Waals surface area contributed by atoms with E-state index in [4.69, 9.17) is 14.7 Å². The number of thioether (sulfide) groups is 1. The van der Waals surface area contributed by atoms with Crippen LogP contribution < -0.4 is 20.3 Å². The van der Waals surface area contributed by atoms with Crippen LogP contribution >= 0.6 is 11.8 Å². The molecule has 1 amide bonds. The molecule has 1 heterocycles. The van der Waals surface area contributed by atoms with Crippen LogP contribution in [0.5, 0.6) is 5.75 Å². The molecule has 0 radical (unpaired) electrons. The van der Waals surface area contributed by atoms with Gasteiger partial charge in [-0.1, -0.05) is 31.4 Å². The van der Waals surface area contributed by atoms with E-state index in [2.05, 4.69) is 41.8 Å². The number of rotatable bonds is 10. The summed E-state index contributed by atoms with van der Waals surface area (Å²) in [6.45, 7) is 0. The van der Waals surface area contributed by atoms with Gasteiger partial charge >= 0.3 is 0 Å². The summed E-state index contributed by atoms with van der Waals surface area (Å²) in [4.78, 5) is 25.2. The maximum atomic E-state index is 13.3. The van der Waals surface area contributed by atoms with Crippen LogP contribution in [0.25, 0.3) is 0 Å². The van der Waals surface area contributed by atoms with E-state index >= 15 is 0 Å². The average Bonchev–Trinajstić information content (AvgIpc) is 2.97. The van der Waals surface area contributed by atoms with Gasteiger partial charge in [-0.05, 0) is 81.9 Å². The van der Waals surface area contributed by atoms with Gasteiger partial charge in [0.25, 0.3) is 0 Å². The number of fused-ring (bicyclic) bond motifs is 1. The molecule has 2 fully saturated rings. The lowest BCUT2D eigenvalue weighted by atomic mass is 9.85. The van der Waals surface area contributed by atoms with Gasteiger partial charge in [-0.2, -0.15) is 4.98 Å². The van der Waals surface area contributed by atoms with Crippen molar-refractivity contribution in [2.24, 2.45) is 0 Å². The third-order valence-electron chi connectivity index (χ3n) is 8.96. The monoisotopic (exact) mass is 565 g/mol. The molecular formula is C32H47N5O2S. The van der Waals surface area contributed by atoms with Gasteiger partial charge in [0, 0.05) is 48.7 Å². The molecule has 2 aromatic rings. The fourth-order valence-electron chi connectivity index (χ4n) is 6.67. The molecule has 40 heavy (non-hydrogen) atoms. The lowest BCUT2D eigenvalue weighted by Gasteiger charge is -2.37. The van der Waals surface area contributed by atoms with Gasteiger partial charge in [0.1, 0.15) is 11.6 Å². The molecule has 1 aromatic heterocycles. The van der Waals surface area contributed by atoms with Crippen molar-refractivity contribution in [3.05, 3.63) is 41.1 Å². The topological polar surface area (TPSA) is 79.4 Å². The van der Waals surface area contributed by atoms with E-state index < -0.39 is 0 Å². The smallest absolute Gasteiger partial charge is 0.225 e. The minimum atomic E-state index is 0.0505. The van der Waals surface area contributed by atoms with Gasteiger partial charge in [-0.15, -0.1) is 11.8 Å². The van der Waals surface area contributed by atoms with Crippen molar-refractivity contribution in [2.45, 2.75) is 112 Å². The molecule has 0 bridgehead atoms. The first-order chi connectivity index (χ1) is 19.4. The van der Waals surface area contributed by atoms with Crippen molar-refractivity contribution in [3.8, 4) is 5.75 Å². The molecule has 0 spiro atoms. The summed E-state index contributed by atoms with van der Waals surface area (Å²) < 4.78 is 5.36. The maximum absolute atomic E-state index is 13.3. The van der Waals surface area contributed by atoms with Crippen molar-refractivity contribution in [2.75, 3.05) is 31.4 Å². The summed E-state index contributed by atoms with van der Waals surface area (Å²) in [6, 6.07) is 8.96. The van der Waals surface area contributed by atoms with Crippen LogP contribution in [0.4, 0.5) is 11.8 Å². The summed E-state index contributed by atoms with van der Waals surface area (Å²) in [6.07, 6.45) is 15.2. The normalized spacial score (nSPS) is 22.2. The Morgan fingerprint density at radius 3 is 2.38 bits per heavy atom. The van der Waals surface area contributed by atoms with Crippen molar-refractivity contribution in [1.29, 1.82) is 0 Å². The standard InChI is InChI=1S/C32H47N5O2S/c1-37(2)30-27-9-5-6-10-28(27)35-31(36-30)34-25-15-13-24(14-16-25)33-29(38)21-32(19-7-4-8-20-32)40-22-23-11-17-26(39-3)18-12-23/h11-12,17-18,24-25H,4-10,13-16,19-22H2,1-3H3,(H,33,38)(H,34,35,36). The molecule has 7 nitrogen and oxygen atoms in total. The lowest BCUT2D eigenvalue weighted by molar-refractivity contribution is -0.122. The molecule has 2 saturated carbocycles. The lowest BCUT2D eigenvalue weighted by Crippen LogP contribution is -2.43. The number of nitrogens with zero attached hydrogens (tertiary/aromatic N) is 3. The molecule has 1 aromatic carbocycles. The first kappa shape index (κ1) is 29.0. The van der Waals surface area contributed by atoms with Crippen molar-refractivity contribution >= 4 is 29.4 Å². The summed E-state index contributed by atoms with van der Waals surface area (Å²) in [5.74, 6) is 3.89. The Morgan fingerprint density at radius 2 is 1.68 bits per heavy atom. The second-order valence-corrected chi connectivity index (χ2v) is 13.7. The molecule has 3 aliphatic rings. The zero-order valence-electron chi connectivity index (χ0n) is 24.6. The zero-order valence-corrected chi connectivity index (χ0v) is 25.5. The van der Waals surface area contributed by atoms with E-state index in [0.29, 0.717) is 12.5 Å². The Morgan fingerprint density at radius 1 is 0.975 bits per heavy atom. The average molecular weight is 566 g/mol. The number of hydrogen-bond donors (Lipinski definition) is 2. The van der Waals surface area contributed by atoms with Crippen molar-refractivity contribution < 1.29 is 9.53 Å². The Hall–Kier alpha value is -2.48. The number of anilines is 2. The van der Waals surface area contributed by atoms with E-state index in [1.165, 1.54) is 48.9 Å². The number of hydrogen-bond acceptors (Lipinski definition) is 7. The predicted octanol–water partition coefficient (Wildman–Crippen LogP) is 6.30. The summed E-state index contributed by atoms with van der Waals surface area (Å²) in [5.41, 5.74) is 3.84. The minimum absolute atomic E-state index is 0.0505. The van der Waals surface area contributed by atoms with Crippen LogP contribution in [0, 0.1) is 0 Å². The van der Waals surface area contributed by atoms with Crippen LogP contribution in [0.2, 0.25) is 0 Å². The molecular weight excluding hydrogens is 518 g/mol. The van der Waals surface area contributed by atoms with Gasteiger partial charge in [0.2, 0.25) is 11.9 Å². The van der Waals surface area contributed by atoms with E-state index in [0.717, 1.165) is 74.6 Å².